The minimum absolute atomic E-state index is 0.000333. The van der Waals surface area contributed by atoms with Crippen LogP contribution < -0.4 is 10.1 Å². The molecule has 6 nitrogen and oxygen atoms in total. The normalized spacial score (nSPS) is 11.9. The minimum atomic E-state index is -1.07. The van der Waals surface area contributed by atoms with Crippen molar-refractivity contribution in [2.45, 2.75) is 46.1 Å². The molecular weight excluding hydrogens is 310 g/mol. The maximum Gasteiger partial charge on any atom is 0.326 e. The van der Waals surface area contributed by atoms with Gasteiger partial charge in [-0.15, -0.1) is 0 Å². The lowest BCUT2D eigenvalue weighted by Gasteiger charge is -2.16. The van der Waals surface area contributed by atoms with E-state index >= 15 is 0 Å². The van der Waals surface area contributed by atoms with Gasteiger partial charge in [0.1, 0.15) is 11.8 Å². The second kappa shape index (κ2) is 9.05. The van der Waals surface area contributed by atoms with Gasteiger partial charge in [0.25, 0.3) is 0 Å². The first-order valence-electron chi connectivity index (χ1n) is 7.94. The van der Waals surface area contributed by atoms with E-state index in [0.717, 1.165) is 5.56 Å². The largest absolute Gasteiger partial charge is 0.496 e. The van der Waals surface area contributed by atoms with Gasteiger partial charge in [-0.1, -0.05) is 25.5 Å². The summed E-state index contributed by atoms with van der Waals surface area (Å²) in [6.45, 7) is 5.64. The van der Waals surface area contributed by atoms with E-state index in [9.17, 15) is 14.4 Å². The monoisotopic (exact) mass is 335 g/mol. The molecule has 0 spiro atoms. The summed E-state index contributed by atoms with van der Waals surface area (Å²) in [5.41, 5.74) is 1.36. The lowest BCUT2D eigenvalue weighted by molar-refractivity contribution is -0.142. The van der Waals surface area contributed by atoms with Crippen LogP contribution in [0.1, 0.15) is 49.0 Å². The highest BCUT2D eigenvalue weighted by Crippen LogP contribution is 2.21. The van der Waals surface area contributed by atoms with Crippen molar-refractivity contribution in [1.29, 1.82) is 0 Å². The first-order valence-corrected chi connectivity index (χ1v) is 7.94. The Morgan fingerprint density at radius 2 is 1.88 bits per heavy atom. The molecule has 1 atom stereocenters. The molecule has 0 bridgehead atoms. The summed E-state index contributed by atoms with van der Waals surface area (Å²) in [5, 5.41) is 11.6. The van der Waals surface area contributed by atoms with E-state index < -0.39 is 17.9 Å². The highest BCUT2D eigenvalue weighted by atomic mass is 16.5. The van der Waals surface area contributed by atoms with Gasteiger partial charge >= 0.3 is 5.97 Å². The number of carbonyl (C=O) groups is 3. The van der Waals surface area contributed by atoms with Crippen molar-refractivity contribution in [2.24, 2.45) is 5.92 Å². The smallest absolute Gasteiger partial charge is 0.326 e. The number of aliphatic carboxylic acids is 1. The molecule has 24 heavy (non-hydrogen) atoms. The van der Waals surface area contributed by atoms with Crippen LogP contribution >= 0.6 is 0 Å². The Bertz CT molecular complexity index is 609. The van der Waals surface area contributed by atoms with Crippen molar-refractivity contribution < 1.29 is 24.2 Å². The number of hydrogen-bond acceptors (Lipinski definition) is 4. The number of carboxylic acid groups (broad SMARTS) is 1. The van der Waals surface area contributed by atoms with Crippen LogP contribution in [0, 0.1) is 12.8 Å². The van der Waals surface area contributed by atoms with Crippen LogP contribution in [-0.4, -0.2) is 35.9 Å². The quantitative estimate of drug-likeness (QED) is 0.677. The van der Waals surface area contributed by atoms with Gasteiger partial charge in [-0.05, 0) is 31.4 Å². The molecule has 0 saturated carbocycles. The Morgan fingerprint density at radius 3 is 2.42 bits per heavy atom. The van der Waals surface area contributed by atoms with Crippen LogP contribution in [-0.2, 0) is 9.59 Å². The van der Waals surface area contributed by atoms with Crippen LogP contribution in [0.2, 0.25) is 0 Å². The Balaban J connectivity index is 2.65. The third kappa shape index (κ3) is 6.02. The van der Waals surface area contributed by atoms with Crippen molar-refractivity contribution >= 4 is 17.7 Å². The predicted molar refractivity (Wildman–Crippen MR) is 90.3 cm³/mol. The minimum Gasteiger partial charge on any atom is -0.496 e. The molecule has 0 saturated heterocycles. The third-order valence-electron chi connectivity index (χ3n) is 3.57. The lowest BCUT2D eigenvalue weighted by Crippen LogP contribution is -2.41. The highest BCUT2D eigenvalue weighted by molar-refractivity contribution is 6.00. The van der Waals surface area contributed by atoms with Gasteiger partial charge in [0.2, 0.25) is 5.91 Å². The summed E-state index contributed by atoms with van der Waals surface area (Å²) in [5.74, 6) is -1.10. The number of aryl methyl sites for hydroxylation is 1. The molecule has 6 heteroatoms. The van der Waals surface area contributed by atoms with Gasteiger partial charge in [0.05, 0.1) is 12.7 Å². The summed E-state index contributed by atoms with van der Waals surface area (Å²) >= 11 is 0. The van der Waals surface area contributed by atoms with Gasteiger partial charge in [-0.3, -0.25) is 9.59 Å². The second-order valence-electron chi connectivity index (χ2n) is 6.21. The van der Waals surface area contributed by atoms with Gasteiger partial charge in [0.15, 0.2) is 5.78 Å². The predicted octanol–water partition coefficient (Wildman–Crippen LogP) is 2.58. The molecule has 0 heterocycles. The van der Waals surface area contributed by atoms with Gasteiger partial charge < -0.3 is 15.2 Å². The molecule has 1 aromatic carbocycles. The lowest BCUT2D eigenvalue weighted by atomic mass is 10.0. The molecule has 0 aliphatic carbocycles. The zero-order valence-corrected chi connectivity index (χ0v) is 14.6. The number of rotatable bonds is 9. The third-order valence-corrected chi connectivity index (χ3v) is 3.57. The highest BCUT2D eigenvalue weighted by Gasteiger charge is 2.22. The first kappa shape index (κ1) is 19.7. The van der Waals surface area contributed by atoms with Gasteiger partial charge in [-0.2, -0.15) is 0 Å². The number of ether oxygens (including phenoxy) is 1. The maximum atomic E-state index is 12.3. The molecule has 0 aliphatic rings. The average Bonchev–Trinajstić information content (AvgIpc) is 2.51. The number of amides is 1. The Kier molecular flexibility index (Phi) is 7.42. The van der Waals surface area contributed by atoms with Gasteiger partial charge in [0, 0.05) is 12.8 Å². The molecule has 0 aromatic heterocycles. The fourth-order valence-electron chi connectivity index (χ4n) is 2.36. The Morgan fingerprint density at radius 1 is 1.21 bits per heavy atom. The number of methoxy groups -OCH3 is 1. The number of carbonyl (C=O) groups excluding carboxylic acids is 2. The fraction of sp³-hybridized carbons (Fsp3) is 0.500. The number of carboxylic acids is 1. The van der Waals surface area contributed by atoms with E-state index in [1.165, 1.54) is 7.11 Å². The molecule has 0 fully saturated rings. The van der Waals surface area contributed by atoms with Crippen molar-refractivity contribution in [3.8, 4) is 5.75 Å². The van der Waals surface area contributed by atoms with E-state index in [-0.39, 0.29) is 24.5 Å². The SMILES string of the molecule is COc1ccc(C)cc1C(=O)CCC(=O)NC(CC(C)C)C(=O)O. The molecule has 132 valence electrons. The molecule has 1 unspecified atom stereocenters. The summed E-state index contributed by atoms with van der Waals surface area (Å²) in [7, 11) is 1.48. The van der Waals surface area contributed by atoms with E-state index in [0.29, 0.717) is 17.7 Å². The standard InChI is InChI=1S/C18H25NO5/c1-11(2)9-14(18(22)23)19-17(21)8-6-15(20)13-10-12(3)5-7-16(13)24-4/h5,7,10-11,14H,6,8-9H2,1-4H3,(H,19,21)(H,22,23). The van der Waals surface area contributed by atoms with Crippen LogP contribution in [0.5, 0.6) is 5.75 Å². The molecule has 1 aromatic rings. The van der Waals surface area contributed by atoms with Crippen LogP contribution in [0.3, 0.4) is 0 Å². The summed E-state index contributed by atoms with van der Waals surface area (Å²) in [4.78, 5) is 35.4. The van der Waals surface area contributed by atoms with Crippen molar-refractivity contribution in [1.82, 2.24) is 5.32 Å². The zero-order valence-electron chi connectivity index (χ0n) is 14.6. The maximum absolute atomic E-state index is 12.3. The molecular formula is C18H25NO5. The van der Waals surface area contributed by atoms with E-state index in [1.54, 1.807) is 12.1 Å². The van der Waals surface area contributed by atoms with Crippen molar-refractivity contribution in [3.05, 3.63) is 29.3 Å². The van der Waals surface area contributed by atoms with Crippen LogP contribution in [0.25, 0.3) is 0 Å². The number of hydrogen-bond donors (Lipinski definition) is 2. The first-order chi connectivity index (χ1) is 11.2. The molecule has 0 aliphatic heterocycles. The average molecular weight is 335 g/mol. The summed E-state index contributed by atoms with van der Waals surface area (Å²) < 4.78 is 5.17. The Labute approximate surface area is 142 Å². The number of nitrogens with one attached hydrogen (secondary N) is 1. The van der Waals surface area contributed by atoms with Crippen LogP contribution in [0.4, 0.5) is 0 Å². The van der Waals surface area contributed by atoms with Crippen molar-refractivity contribution in [2.75, 3.05) is 7.11 Å². The van der Waals surface area contributed by atoms with E-state index in [2.05, 4.69) is 5.32 Å². The van der Waals surface area contributed by atoms with Crippen LogP contribution in [0.15, 0.2) is 18.2 Å². The number of benzene rings is 1. The fourth-order valence-corrected chi connectivity index (χ4v) is 2.36. The molecule has 2 N–H and O–H groups in total. The molecule has 1 rings (SSSR count). The number of Topliss-reactive ketones (excluding diaryl/α,β-unsaturated/α-hetero) is 1. The van der Waals surface area contributed by atoms with Crippen molar-refractivity contribution in [3.63, 3.8) is 0 Å². The topological polar surface area (TPSA) is 92.7 Å². The van der Waals surface area contributed by atoms with Gasteiger partial charge in [-0.25, -0.2) is 4.79 Å². The molecule has 1 amide bonds. The van der Waals surface area contributed by atoms with E-state index in [1.807, 2.05) is 26.8 Å². The second-order valence-corrected chi connectivity index (χ2v) is 6.21. The summed E-state index contributed by atoms with van der Waals surface area (Å²) in [6, 6.07) is 4.34. The number of ketones is 1. The zero-order chi connectivity index (χ0) is 18.3. The van der Waals surface area contributed by atoms with E-state index in [4.69, 9.17) is 9.84 Å². The Hall–Kier alpha value is -2.37. The summed E-state index contributed by atoms with van der Waals surface area (Å²) in [6.07, 6.45) is 0.290. The molecule has 0 radical (unpaired) electrons.